The average Bonchev–Trinajstić information content (AvgIpc) is 2.95. The fourth-order valence-electron chi connectivity index (χ4n) is 3.17. The molecule has 0 bridgehead atoms. The van der Waals surface area contributed by atoms with Gasteiger partial charge in [0.2, 0.25) is 0 Å². The van der Waals surface area contributed by atoms with Crippen LogP contribution >= 0.6 is 34.5 Å². The van der Waals surface area contributed by atoms with Gasteiger partial charge in [-0.25, -0.2) is 0 Å². The van der Waals surface area contributed by atoms with Gasteiger partial charge in [-0.15, -0.1) is 11.3 Å². The number of fused-ring (bicyclic) bond motifs is 1. The second-order valence-electron chi connectivity index (χ2n) is 5.38. The summed E-state index contributed by atoms with van der Waals surface area (Å²) in [5, 5.41) is 3.61. The van der Waals surface area contributed by atoms with Crippen molar-refractivity contribution in [3.8, 4) is 0 Å². The van der Waals surface area contributed by atoms with E-state index in [0.29, 0.717) is 17.6 Å². The van der Waals surface area contributed by atoms with E-state index in [1.165, 1.54) is 10.4 Å². The molecule has 5 heteroatoms. The summed E-state index contributed by atoms with van der Waals surface area (Å²) in [7, 11) is 0. The van der Waals surface area contributed by atoms with Crippen LogP contribution in [0.25, 0.3) is 0 Å². The second-order valence-corrected chi connectivity index (χ2v) is 7.22. The van der Waals surface area contributed by atoms with E-state index in [-0.39, 0.29) is 6.04 Å². The van der Waals surface area contributed by atoms with Crippen molar-refractivity contribution in [2.24, 2.45) is 5.73 Å². The maximum atomic E-state index is 6.38. The van der Waals surface area contributed by atoms with Gasteiger partial charge in [0.15, 0.2) is 0 Å². The summed E-state index contributed by atoms with van der Waals surface area (Å²) in [6.07, 6.45) is 1.08. The highest BCUT2D eigenvalue weighted by Crippen LogP contribution is 2.39. The number of hydrogen-bond donors (Lipinski definition) is 1. The lowest BCUT2D eigenvalue weighted by molar-refractivity contribution is 0.139. The van der Waals surface area contributed by atoms with Crippen LogP contribution < -0.4 is 5.73 Å². The van der Waals surface area contributed by atoms with Crippen LogP contribution in [-0.4, -0.2) is 18.0 Å². The molecule has 2 heterocycles. The Morgan fingerprint density at radius 1 is 1.38 bits per heavy atom. The Balaban J connectivity index is 1.96. The molecule has 0 fully saturated rings. The highest BCUT2D eigenvalue weighted by molar-refractivity contribution is 7.10. The Labute approximate surface area is 139 Å². The van der Waals surface area contributed by atoms with Crippen molar-refractivity contribution in [2.75, 3.05) is 13.1 Å². The third-order valence-electron chi connectivity index (χ3n) is 4.27. The number of benzene rings is 1. The Kier molecular flexibility index (Phi) is 4.57. The van der Waals surface area contributed by atoms with Crippen molar-refractivity contribution in [1.82, 2.24) is 4.90 Å². The summed E-state index contributed by atoms with van der Waals surface area (Å²) in [5.74, 6) is 0. The van der Waals surface area contributed by atoms with Gasteiger partial charge in [-0.1, -0.05) is 23.2 Å². The zero-order valence-electron chi connectivity index (χ0n) is 11.9. The summed E-state index contributed by atoms with van der Waals surface area (Å²) in [6, 6.07) is 8.29. The van der Waals surface area contributed by atoms with E-state index in [2.05, 4.69) is 23.3 Å². The van der Waals surface area contributed by atoms with Crippen LogP contribution in [0.1, 0.15) is 35.0 Å². The van der Waals surface area contributed by atoms with Gasteiger partial charge < -0.3 is 5.73 Å². The first-order chi connectivity index (χ1) is 10.1. The lowest BCUT2D eigenvalue weighted by Gasteiger charge is -2.39. The minimum Gasteiger partial charge on any atom is -0.329 e. The maximum Gasteiger partial charge on any atom is 0.0491 e. The van der Waals surface area contributed by atoms with E-state index in [4.69, 9.17) is 28.9 Å². The molecule has 2 N–H and O–H groups in total. The van der Waals surface area contributed by atoms with E-state index < -0.39 is 0 Å². The zero-order valence-corrected chi connectivity index (χ0v) is 14.2. The molecule has 0 aliphatic carbocycles. The number of hydrogen-bond acceptors (Lipinski definition) is 3. The third kappa shape index (κ3) is 2.86. The molecule has 2 atom stereocenters. The second kappa shape index (κ2) is 6.27. The minimum absolute atomic E-state index is 0.0965. The Hall–Kier alpha value is -0.580. The monoisotopic (exact) mass is 340 g/mol. The maximum absolute atomic E-state index is 6.38. The van der Waals surface area contributed by atoms with E-state index >= 15 is 0 Å². The summed E-state index contributed by atoms with van der Waals surface area (Å²) >= 11 is 14.4. The van der Waals surface area contributed by atoms with Crippen LogP contribution in [0.3, 0.4) is 0 Å². The van der Waals surface area contributed by atoms with Gasteiger partial charge in [0.05, 0.1) is 0 Å². The molecular formula is C16H18Cl2N2S. The molecule has 0 amide bonds. The van der Waals surface area contributed by atoms with Gasteiger partial charge in [0.1, 0.15) is 0 Å². The molecule has 21 heavy (non-hydrogen) atoms. The lowest BCUT2D eigenvalue weighted by atomic mass is 9.96. The highest BCUT2D eigenvalue weighted by atomic mass is 35.5. The van der Waals surface area contributed by atoms with Gasteiger partial charge in [-0.2, -0.15) is 0 Å². The molecule has 0 spiro atoms. The quantitative estimate of drug-likeness (QED) is 0.879. The molecule has 0 saturated carbocycles. The van der Waals surface area contributed by atoms with Crippen LogP contribution in [0.2, 0.25) is 10.0 Å². The molecule has 2 unspecified atom stereocenters. The molecule has 1 aromatic carbocycles. The number of nitrogens with two attached hydrogens (primary N) is 1. The smallest absolute Gasteiger partial charge is 0.0491 e. The average molecular weight is 341 g/mol. The number of nitrogens with zero attached hydrogens (tertiary/aromatic N) is 1. The molecule has 112 valence electrons. The molecule has 0 radical (unpaired) electrons. The van der Waals surface area contributed by atoms with Gasteiger partial charge in [-0.05, 0) is 54.1 Å². The van der Waals surface area contributed by atoms with Gasteiger partial charge in [0.25, 0.3) is 0 Å². The zero-order chi connectivity index (χ0) is 15.0. The largest absolute Gasteiger partial charge is 0.329 e. The van der Waals surface area contributed by atoms with E-state index in [9.17, 15) is 0 Å². The van der Waals surface area contributed by atoms with Crippen molar-refractivity contribution in [3.63, 3.8) is 0 Å². The molecule has 1 aliphatic rings. The Bertz CT molecular complexity index is 641. The van der Waals surface area contributed by atoms with Gasteiger partial charge in [0, 0.05) is 40.1 Å². The van der Waals surface area contributed by atoms with Crippen molar-refractivity contribution in [3.05, 3.63) is 55.7 Å². The Morgan fingerprint density at radius 3 is 2.95 bits per heavy atom. The van der Waals surface area contributed by atoms with E-state index in [1.54, 1.807) is 0 Å². The number of rotatable bonds is 3. The summed E-state index contributed by atoms with van der Waals surface area (Å²) in [6.45, 7) is 3.77. The molecule has 1 aliphatic heterocycles. The fourth-order valence-corrected chi connectivity index (χ4v) is 4.55. The van der Waals surface area contributed by atoms with Crippen LogP contribution in [0.15, 0.2) is 29.6 Å². The summed E-state index contributed by atoms with van der Waals surface area (Å²) in [4.78, 5) is 3.93. The van der Waals surface area contributed by atoms with Crippen molar-refractivity contribution in [1.29, 1.82) is 0 Å². The van der Waals surface area contributed by atoms with Gasteiger partial charge in [-0.3, -0.25) is 4.90 Å². The predicted molar refractivity (Wildman–Crippen MR) is 91.4 cm³/mol. The number of halogens is 2. The van der Waals surface area contributed by atoms with Crippen LogP contribution in [0.4, 0.5) is 0 Å². The molecule has 2 aromatic rings. The third-order valence-corrected chi connectivity index (χ3v) is 5.84. The highest BCUT2D eigenvalue weighted by Gasteiger charge is 2.31. The van der Waals surface area contributed by atoms with Crippen LogP contribution in [0, 0.1) is 0 Å². The van der Waals surface area contributed by atoms with Crippen LogP contribution in [0.5, 0.6) is 0 Å². The van der Waals surface area contributed by atoms with Gasteiger partial charge >= 0.3 is 0 Å². The standard InChI is InChI=1S/C16H18Cl2N2S/c1-10-12-5-7-21-16(12)4-6-20(10)15(9-19)13-8-11(17)2-3-14(13)18/h2-3,5,7-8,10,15H,4,6,9,19H2,1H3. The van der Waals surface area contributed by atoms with Crippen LogP contribution in [-0.2, 0) is 6.42 Å². The first kappa shape index (κ1) is 15.3. The van der Waals surface area contributed by atoms with E-state index in [0.717, 1.165) is 23.6 Å². The molecule has 2 nitrogen and oxygen atoms in total. The van der Waals surface area contributed by atoms with Crippen molar-refractivity contribution in [2.45, 2.75) is 25.4 Å². The molecule has 3 rings (SSSR count). The normalized spacial score (nSPS) is 20.3. The SMILES string of the molecule is CC1c2ccsc2CCN1C(CN)c1cc(Cl)ccc1Cl. The summed E-state index contributed by atoms with van der Waals surface area (Å²) in [5.41, 5.74) is 8.52. The Morgan fingerprint density at radius 2 is 2.19 bits per heavy atom. The lowest BCUT2D eigenvalue weighted by Crippen LogP contribution is -2.39. The predicted octanol–water partition coefficient (Wildman–Crippen LogP) is 4.67. The summed E-state index contributed by atoms with van der Waals surface area (Å²) < 4.78 is 0. The molecule has 1 aromatic heterocycles. The fraction of sp³-hybridized carbons (Fsp3) is 0.375. The molecular weight excluding hydrogens is 323 g/mol. The molecule has 0 saturated heterocycles. The van der Waals surface area contributed by atoms with Crippen molar-refractivity contribution < 1.29 is 0 Å². The first-order valence-electron chi connectivity index (χ1n) is 7.09. The van der Waals surface area contributed by atoms with E-state index in [1.807, 2.05) is 29.5 Å². The van der Waals surface area contributed by atoms with Crippen molar-refractivity contribution >= 4 is 34.5 Å². The minimum atomic E-state index is 0.0965. The topological polar surface area (TPSA) is 29.3 Å². The number of thiophene rings is 1. The first-order valence-corrected chi connectivity index (χ1v) is 8.72.